The van der Waals surface area contributed by atoms with Gasteiger partial charge < -0.3 is 15.3 Å². The molecule has 0 saturated carbocycles. The lowest BCUT2D eigenvalue weighted by Gasteiger charge is -2.16. The number of carboxylic acid groups (broad SMARTS) is 1. The molecular weight excluding hydrogens is 332 g/mol. The second kappa shape index (κ2) is 7.82. The maximum Gasteiger partial charge on any atom is 0.330 e. The first kappa shape index (κ1) is 17.7. The minimum atomic E-state index is -1.12. The molecule has 2 N–H and O–H groups in total. The Morgan fingerprint density at radius 3 is 2.35 bits per heavy atom. The van der Waals surface area contributed by atoms with Crippen molar-refractivity contribution in [1.29, 1.82) is 0 Å². The first-order valence-corrected chi connectivity index (χ1v) is 8.50. The van der Waals surface area contributed by atoms with E-state index in [-0.39, 0.29) is 5.91 Å². The van der Waals surface area contributed by atoms with Gasteiger partial charge in [-0.1, -0.05) is 42.5 Å². The van der Waals surface area contributed by atoms with E-state index in [1.54, 1.807) is 59.5 Å². The first-order valence-electron chi connectivity index (χ1n) is 8.50. The minimum absolute atomic E-state index is 0.152. The molecule has 1 fully saturated rings. The number of aliphatic carboxylic acids is 1. The van der Waals surface area contributed by atoms with Crippen LogP contribution < -0.4 is 5.32 Å². The third-order valence-electron chi connectivity index (χ3n) is 4.42. The number of carbonyl (C=O) groups excluding carboxylic acids is 2. The van der Waals surface area contributed by atoms with Gasteiger partial charge in [0.15, 0.2) is 6.04 Å². The van der Waals surface area contributed by atoms with Gasteiger partial charge >= 0.3 is 5.97 Å². The van der Waals surface area contributed by atoms with Crippen LogP contribution in [-0.2, 0) is 16.1 Å². The fourth-order valence-corrected chi connectivity index (χ4v) is 3.00. The molecule has 1 aliphatic heterocycles. The molecule has 134 valence electrons. The molecule has 0 spiro atoms. The number of hydrogen-bond acceptors (Lipinski definition) is 3. The molecule has 26 heavy (non-hydrogen) atoms. The SMILES string of the molecule is O=C(NC(C(=O)O)c1ccccc1)c1ccc(CN2CCCC2=O)cc1. The Labute approximate surface area is 151 Å². The van der Waals surface area contributed by atoms with Crippen molar-refractivity contribution in [3.8, 4) is 0 Å². The summed E-state index contributed by atoms with van der Waals surface area (Å²) in [7, 11) is 0. The van der Waals surface area contributed by atoms with Gasteiger partial charge in [0.25, 0.3) is 5.91 Å². The van der Waals surface area contributed by atoms with Gasteiger partial charge in [-0.3, -0.25) is 9.59 Å². The normalized spacial score (nSPS) is 14.9. The third kappa shape index (κ3) is 4.08. The highest BCUT2D eigenvalue weighted by atomic mass is 16.4. The molecule has 1 saturated heterocycles. The van der Waals surface area contributed by atoms with E-state index >= 15 is 0 Å². The predicted molar refractivity (Wildman–Crippen MR) is 95.4 cm³/mol. The van der Waals surface area contributed by atoms with Crippen molar-refractivity contribution in [3.05, 3.63) is 71.3 Å². The zero-order valence-electron chi connectivity index (χ0n) is 14.2. The van der Waals surface area contributed by atoms with Crippen molar-refractivity contribution in [2.45, 2.75) is 25.4 Å². The van der Waals surface area contributed by atoms with E-state index in [9.17, 15) is 19.5 Å². The van der Waals surface area contributed by atoms with Gasteiger partial charge in [-0.25, -0.2) is 4.79 Å². The molecule has 0 aromatic heterocycles. The summed E-state index contributed by atoms with van der Waals surface area (Å²) in [6.45, 7) is 1.29. The zero-order valence-corrected chi connectivity index (χ0v) is 14.2. The quantitative estimate of drug-likeness (QED) is 0.836. The molecule has 6 heteroatoms. The largest absolute Gasteiger partial charge is 0.479 e. The number of hydrogen-bond donors (Lipinski definition) is 2. The van der Waals surface area contributed by atoms with Crippen LogP contribution in [0.15, 0.2) is 54.6 Å². The lowest BCUT2D eigenvalue weighted by molar-refractivity contribution is -0.139. The summed E-state index contributed by atoms with van der Waals surface area (Å²) in [4.78, 5) is 37.4. The summed E-state index contributed by atoms with van der Waals surface area (Å²) in [5.41, 5.74) is 1.83. The zero-order chi connectivity index (χ0) is 18.5. The second-order valence-electron chi connectivity index (χ2n) is 6.27. The van der Waals surface area contributed by atoms with E-state index < -0.39 is 17.9 Å². The van der Waals surface area contributed by atoms with Gasteiger partial charge in [-0.15, -0.1) is 0 Å². The van der Waals surface area contributed by atoms with E-state index in [4.69, 9.17) is 0 Å². The van der Waals surface area contributed by atoms with Crippen LogP contribution in [0.5, 0.6) is 0 Å². The number of rotatable bonds is 6. The van der Waals surface area contributed by atoms with E-state index in [1.807, 2.05) is 0 Å². The first-order chi connectivity index (χ1) is 12.5. The molecule has 1 atom stereocenters. The predicted octanol–water partition coefficient (Wildman–Crippen LogP) is 2.36. The van der Waals surface area contributed by atoms with Gasteiger partial charge in [0.2, 0.25) is 5.91 Å². The van der Waals surface area contributed by atoms with Crippen LogP contribution in [0.2, 0.25) is 0 Å². The van der Waals surface area contributed by atoms with Gasteiger partial charge in [0.1, 0.15) is 0 Å². The highest BCUT2D eigenvalue weighted by molar-refractivity contribution is 5.96. The Hall–Kier alpha value is -3.15. The van der Waals surface area contributed by atoms with Gasteiger partial charge in [-0.05, 0) is 29.7 Å². The fraction of sp³-hybridized carbons (Fsp3) is 0.250. The van der Waals surface area contributed by atoms with Crippen LogP contribution in [0.4, 0.5) is 0 Å². The number of amides is 2. The van der Waals surface area contributed by atoms with Crippen molar-refractivity contribution in [2.75, 3.05) is 6.54 Å². The monoisotopic (exact) mass is 352 g/mol. The lowest BCUT2D eigenvalue weighted by atomic mass is 10.1. The third-order valence-corrected chi connectivity index (χ3v) is 4.42. The molecule has 2 aromatic rings. The van der Waals surface area contributed by atoms with E-state index in [1.165, 1.54) is 0 Å². The molecule has 2 aromatic carbocycles. The Morgan fingerprint density at radius 2 is 1.77 bits per heavy atom. The Balaban J connectivity index is 1.67. The van der Waals surface area contributed by atoms with Crippen molar-refractivity contribution >= 4 is 17.8 Å². The summed E-state index contributed by atoms with van der Waals surface area (Å²) in [5.74, 6) is -1.42. The Kier molecular flexibility index (Phi) is 5.31. The molecule has 3 rings (SSSR count). The summed E-state index contributed by atoms with van der Waals surface area (Å²) in [6.07, 6.45) is 1.48. The molecule has 1 heterocycles. The van der Waals surface area contributed by atoms with Crippen molar-refractivity contribution < 1.29 is 19.5 Å². The topological polar surface area (TPSA) is 86.7 Å². The van der Waals surface area contributed by atoms with Crippen molar-refractivity contribution in [2.24, 2.45) is 0 Å². The molecule has 2 amide bonds. The highest BCUT2D eigenvalue weighted by Gasteiger charge is 2.23. The number of likely N-dealkylation sites (tertiary alicyclic amines) is 1. The van der Waals surface area contributed by atoms with Gasteiger partial charge in [0.05, 0.1) is 0 Å². The summed E-state index contributed by atoms with van der Waals surface area (Å²) in [6, 6.07) is 14.3. The molecule has 0 bridgehead atoms. The summed E-state index contributed by atoms with van der Waals surface area (Å²) >= 11 is 0. The lowest BCUT2D eigenvalue weighted by Crippen LogP contribution is -2.33. The summed E-state index contributed by atoms with van der Waals surface area (Å²) < 4.78 is 0. The van der Waals surface area contributed by atoms with Crippen LogP contribution in [0, 0.1) is 0 Å². The van der Waals surface area contributed by atoms with Crippen molar-refractivity contribution in [3.63, 3.8) is 0 Å². The molecule has 6 nitrogen and oxygen atoms in total. The molecule has 0 radical (unpaired) electrons. The van der Waals surface area contributed by atoms with E-state index in [0.717, 1.165) is 18.5 Å². The minimum Gasteiger partial charge on any atom is -0.479 e. The number of benzene rings is 2. The standard InChI is InChI=1S/C20H20N2O4/c23-17-7-4-12-22(17)13-14-8-10-16(11-9-14)19(24)21-18(20(25)26)15-5-2-1-3-6-15/h1-3,5-6,8-11,18H,4,7,12-13H2,(H,21,24)(H,25,26). The second-order valence-corrected chi connectivity index (χ2v) is 6.27. The van der Waals surface area contributed by atoms with Crippen LogP contribution in [0.25, 0.3) is 0 Å². The molecule has 1 aliphatic rings. The average Bonchev–Trinajstić information content (AvgIpc) is 3.05. The van der Waals surface area contributed by atoms with Crippen LogP contribution in [0.1, 0.15) is 40.4 Å². The van der Waals surface area contributed by atoms with E-state index in [0.29, 0.717) is 24.1 Å². The highest BCUT2D eigenvalue weighted by Crippen LogP contribution is 2.16. The average molecular weight is 352 g/mol. The molecule has 1 unspecified atom stereocenters. The maximum absolute atomic E-state index is 12.4. The van der Waals surface area contributed by atoms with Gasteiger partial charge in [-0.2, -0.15) is 0 Å². The summed E-state index contributed by atoms with van der Waals surface area (Å²) in [5, 5.41) is 11.9. The molecule has 0 aliphatic carbocycles. The van der Waals surface area contributed by atoms with Gasteiger partial charge in [0, 0.05) is 25.1 Å². The number of carboxylic acids is 1. The fourth-order valence-electron chi connectivity index (χ4n) is 3.00. The van der Waals surface area contributed by atoms with Crippen LogP contribution >= 0.6 is 0 Å². The number of nitrogens with one attached hydrogen (secondary N) is 1. The number of carbonyl (C=O) groups is 3. The Morgan fingerprint density at radius 1 is 1.08 bits per heavy atom. The van der Waals surface area contributed by atoms with Crippen molar-refractivity contribution in [1.82, 2.24) is 10.2 Å². The smallest absolute Gasteiger partial charge is 0.330 e. The van der Waals surface area contributed by atoms with E-state index in [2.05, 4.69) is 5.32 Å². The molecular formula is C20H20N2O4. The van der Waals surface area contributed by atoms with Crippen LogP contribution in [-0.4, -0.2) is 34.3 Å². The van der Waals surface area contributed by atoms with Crippen LogP contribution in [0.3, 0.4) is 0 Å². The maximum atomic E-state index is 12.4. The Bertz CT molecular complexity index is 802. The number of nitrogens with zero attached hydrogens (tertiary/aromatic N) is 1.